The summed E-state index contributed by atoms with van der Waals surface area (Å²) in [4.78, 5) is 0. The Bertz CT molecular complexity index is 671. The van der Waals surface area contributed by atoms with Crippen molar-refractivity contribution in [1.29, 1.82) is 0 Å². The van der Waals surface area contributed by atoms with Crippen LogP contribution in [0.3, 0.4) is 0 Å². The molecule has 0 spiro atoms. The summed E-state index contributed by atoms with van der Waals surface area (Å²) >= 11 is 0. The quantitative estimate of drug-likeness (QED) is 0.717. The monoisotopic (exact) mass is 322 g/mol. The van der Waals surface area contributed by atoms with Crippen LogP contribution in [-0.4, -0.2) is 12.2 Å². The Hall–Kier alpha value is -1.96. The molecule has 0 aromatic heterocycles. The minimum absolute atomic E-state index is 0.364. The van der Waals surface area contributed by atoms with E-state index in [2.05, 4.69) is 50.2 Å². The lowest BCUT2D eigenvalue weighted by atomic mass is 9.97. The number of benzene rings is 2. The second-order valence-electron chi connectivity index (χ2n) is 7.11. The van der Waals surface area contributed by atoms with Crippen LogP contribution in [0.2, 0.25) is 0 Å². The van der Waals surface area contributed by atoms with E-state index in [4.69, 9.17) is 9.47 Å². The lowest BCUT2D eigenvalue weighted by Gasteiger charge is -2.08. The van der Waals surface area contributed by atoms with E-state index in [1.165, 1.54) is 35.1 Å². The van der Waals surface area contributed by atoms with E-state index in [-0.39, 0.29) is 0 Å². The van der Waals surface area contributed by atoms with Gasteiger partial charge in [-0.1, -0.05) is 38.8 Å². The highest BCUT2D eigenvalue weighted by molar-refractivity contribution is 5.68. The normalized spacial score (nSPS) is 21.1. The average molecular weight is 322 g/mol. The predicted molar refractivity (Wildman–Crippen MR) is 97.9 cm³/mol. The number of ether oxygens (including phenoxy) is 2. The van der Waals surface area contributed by atoms with Gasteiger partial charge in [0.25, 0.3) is 0 Å². The molecule has 4 rings (SSSR count). The molecule has 24 heavy (non-hydrogen) atoms. The van der Waals surface area contributed by atoms with Crippen molar-refractivity contribution in [1.82, 2.24) is 0 Å². The minimum Gasteiger partial charge on any atom is -0.490 e. The van der Waals surface area contributed by atoms with Gasteiger partial charge >= 0.3 is 0 Å². The lowest BCUT2D eigenvalue weighted by Crippen LogP contribution is -2.11. The fraction of sp³-hybridized carbons (Fsp3) is 0.455. The van der Waals surface area contributed by atoms with Gasteiger partial charge in [0, 0.05) is 12.8 Å². The van der Waals surface area contributed by atoms with Crippen LogP contribution < -0.4 is 9.47 Å². The minimum atomic E-state index is 0.364. The maximum Gasteiger partial charge on any atom is 0.123 e. The first-order valence-corrected chi connectivity index (χ1v) is 9.36. The lowest BCUT2D eigenvalue weighted by molar-refractivity contribution is 0.220. The van der Waals surface area contributed by atoms with Crippen LogP contribution in [0.5, 0.6) is 11.5 Å². The fourth-order valence-corrected chi connectivity index (χ4v) is 3.97. The highest BCUT2D eigenvalue weighted by atomic mass is 16.5. The van der Waals surface area contributed by atoms with Crippen LogP contribution in [0.1, 0.15) is 50.7 Å². The molecular weight excluding hydrogens is 296 g/mol. The van der Waals surface area contributed by atoms with Gasteiger partial charge in [-0.3, -0.25) is 0 Å². The Morgan fingerprint density at radius 1 is 0.750 bits per heavy atom. The van der Waals surface area contributed by atoms with E-state index in [1.807, 2.05) is 0 Å². The van der Waals surface area contributed by atoms with E-state index in [9.17, 15) is 0 Å². The third-order valence-electron chi connectivity index (χ3n) is 5.16. The van der Waals surface area contributed by atoms with E-state index in [0.717, 1.165) is 37.2 Å². The Labute approximate surface area is 144 Å². The van der Waals surface area contributed by atoms with Gasteiger partial charge in [-0.25, -0.2) is 0 Å². The molecule has 2 aliphatic rings. The first kappa shape index (κ1) is 15.6. The summed E-state index contributed by atoms with van der Waals surface area (Å²) in [5, 5.41) is 0. The molecule has 0 bridgehead atoms. The smallest absolute Gasteiger partial charge is 0.123 e. The SMILES string of the molecule is CCCC1Cc2cc(-c3ccc4c(c3)CC(CCC)O4)ccc2O1. The molecule has 2 unspecified atom stereocenters. The molecule has 0 fully saturated rings. The second-order valence-corrected chi connectivity index (χ2v) is 7.11. The molecule has 0 radical (unpaired) electrons. The highest BCUT2D eigenvalue weighted by Crippen LogP contribution is 2.37. The zero-order valence-electron chi connectivity index (χ0n) is 14.7. The largest absolute Gasteiger partial charge is 0.490 e. The summed E-state index contributed by atoms with van der Waals surface area (Å²) in [5.74, 6) is 2.15. The second kappa shape index (κ2) is 6.51. The maximum atomic E-state index is 6.03. The van der Waals surface area contributed by atoms with Gasteiger partial charge in [0.05, 0.1) is 0 Å². The molecule has 0 N–H and O–H groups in total. The topological polar surface area (TPSA) is 18.5 Å². The van der Waals surface area contributed by atoms with Crippen molar-refractivity contribution >= 4 is 0 Å². The van der Waals surface area contributed by atoms with Crippen molar-refractivity contribution in [3.8, 4) is 22.6 Å². The van der Waals surface area contributed by atoms with Crippen LogP contribution in [-0.2, 0) is 12.8 Å². The van der Waals surface area contributed by atoms with Crippen LogP contribution >= 0.6 is 0 Å². The predicted octanol–water partition coefficient (Wildman–Crippen LogP) is 5.56. The van der Waals surface area contributed by atoms with Gasteiger partial charge in [-0.15, -0.1) is 0 Å². The van der Waals surface area contributed by atoms with Crippen LogP contribution in [0.25, 0.3) is 11.1 Å². The Morgan fingerprint density at radius 3 is 1.62 bits per heavy atom. The van der Waals surface area contributed by atoms with Crippen molar-refractivity contribution in [2.75, 3.05) is 0 Å². The van der Waals surface area contributed by atoms with E-state index < -0.39 is 0 Å². The zero-order chi connectivity index (χ0) is 16.5. The molecular formula is C22H26O2. The number of hydrogen-bond acceptors (Lipinski definition) is 2. The van der Waals surface area contributed by atoms with Crippen LogP contribution in [0.4, 0.5) is 0 Å². The van der Waals surface area contributed by atoms with Crippen molar-refractivity contribution in [2.45, 2.75) is 64.6 Å². The molecule has 0 amide bonds. The van der Waals surface area contributed by atoms with Gasteiger partial charge in [-0.05, 0) is 59.4 Å². The van der Waals surface area contributed by atoms with Gasteiger partial charge in [-0.2, -0.15) is 0 Å². The summed E-state index contributed by atoms with van der Waals surface area (Å²) in [6.07, 6.45) is 7.45. The Morgan fingerprint density at radius 2 is 1.21 bits per heavy atom. The molecule has 2 atom stereocenters. The van der Waals surface area contributed by atoms with E-state index in [1.54, 1.807) is 0 Å². The van der Waals surface area contributed by atoms with Gasteiger partial charge in [0.1, 0.15) is 23.7 Å². The molecule has 2 aliphatic heterocycles. The Balaban J connectivity index is 1.56. The first-order chi connectivity index (χ1) is 11.8. The summed E-state index contributed by atoms with van der Waals surface area (Å²) in [5.41, 5.74) is 5.28. The average Bonchev–Trinajstić information content (AvgIpc) is 3.16. The van der Waals surface area contributed by atoms with Crippen molar-refractivity contribution in [2.24, 2.45) is 0 Å². The molecule has 0 saturated carbocycles. The molecule has 2 heterocycles. The summed E-state index contributed by atoms with van der Waals surface area (Å²) in [7, 11) is 0. The zero-order valence-corrected chi connectivity index (χ0v) is 14.7. The van der Waals surface area contributed by atoms with Crippen LogP contribution in [0, 0.1) is 0 Å². The van der Waals surface area contributed by atoms with Gasteiger partial charge < -0.3 is 9.47 Å². The molecule has 2 aromatic carbocycles. The third kappa shape index (κ3) is 2.90. The summed E-state index contributed by atoms with van der Waals surface area (Å²) in [6.45, 7) is 4.44. The molecule has 2 heteroatoms. The molecule has 0 aliphatic carbocycles. The van der Waals surface area contributed by atoms with E-state index in [0.29, 0.717) is 12.2 Å². The summed E-state index contributed by atoms with van der Waals surface area (Å²) in [6, 6.07) is 13.3. The molecule has 2 nitrogen and oxygen atoms in total. The molecule has 2 aromatic rings. The third-order valence-corrected chi connectivity index (χ3v) is 5.16. The standard InChI is InChI=1S/C22H26O2/c1-3-5-19-13-17-11-15(7-9-21(17)23-19)16-8-10-22-18(12-16)14-20(24-22)6-4-2/h7-12,19-20H,3-6,13-14H2,1-2H3. The number of rotatable bonds is 5. The van der Waals surface area contributed by atoms with Crippen molar-refractivity contribution in [3.63, 3.8) is 0 Å². The molecule has 126 valence electrons. The summed E-state index contributed by atoms with van der Waals surface area (Å²) < 4.78 is 12.1. The van der Waals surface area contributed by atoms with Crippen LogP contribution in [0.15, 0.2) is 36.4 Å². The molecule has 0 saturated heterocycles. The fourth-order valence-electron chi connectivity index (χ4n) is 3.97. The first-order valence-electron chi connectivity index (χ1n) is 9.36. The number of hydrogen-bond donors (Lipinski definition) is 0. The maximum absolute atomic E-state index is 6.03. The van der Waals surface area contributed by atoms with Gasteiger partial charge in [0.2, 0.25) is 0 Å². The van der Waals surface area contributed by atoms with E-state index >= 15 is 0 Å². The van der Waals surface area contributed by atoms with Crippen molar-refractivity contribution in [3.05, 3.63) is 47.5 Å². The Kier molecular flexibility index (Phi) is 4.22. The van der Waals surface area contributed by atoms with Crippen molar-refractivity contribution < 1.29 is 9.47 Å². The number of fused-ring (bicyclic) bond motifs is 2. The van der Waals surface area contributed by atoms with Gasteiger partial charge in [0.15, 0.2) is 0 Å². The highest BCUT2D eigenvalue weighted by Gasteiger charge is 2.24.